The van der Waals surface area contributed by atoms with Crippen molar-refractivity contribution in [2.75, 3.05) is 18.0 Å². The van der Waals surface area contributed by atoms with E-state index in [9.17, 15) is 9.59 Å². The molecule has 110 valence electrons. The van der Waals surface area contributed by atoms with Crippen molar-refractivity contribution in [2.45, 2.75) is 33.1 Å². The number of rotatable bonds is 8. The molecule has 0 aromatic heterocycles. The largest absolute Gasteiger partial charge is 0.481 e. The summed E-state index contributed by atoms with van der Waals surface area (Å²) in [6.45, 7) is 4.63. The van der Waals surface area contributed by atoms with Crippen LogP contribution in [0.2, 0.25) is 0 Å². The van der Waals surface area contributed by atoms with Gasteiger partial charge in [-0.1, -0.05) is 25.1 Å². The van der Waals surface area contributed by atoms with E-state index in [0.29, 0.717) is 13.1 Å². The average molecular weight is 279 g/mol. The standard InChI is InChI=1S/C15H21NO4/c1-3-12-6-4-5-11(2)15(12)16(9-7-13(17)18)10-8-14(19)20/h4-6H,3,7-10H2,1-2H3,(H,17,18)(H,19,20). The molecule has 0 unspecified atom stereocenters. The fourth-order valence-electron chi connectivity index (χ4n) is 2.25. The van der Waals surface area contributed by atoms with Crippen molar-refractivity contribution in [3.05, 3.63) is 29.3 Å². The van der Waals surface area contributed by atoms with E-state index in [1.807, 2.05) is 36.9 Å². The molecule has 1 aromatic rings. The zero-order chi connectivity index (χ0) is 15.1. The van der Waals surface area contributed by atoms with Crippen molar-refractivity contribution >= 4 is 17.6 Å². The Balaban J connectivity index is 3.01. The van der Waals surface area contributed by atoms with Crippen LogP contribution in [0.25, 0.3) is 0 Å². The van der Waals surface area contributed by atoms with Gasteiger partial charge in [0.05, 0.1) is 12.8 Å². The zero-order valence-electron chi connectivity index (χ0n) is 11.9. The molecule has 1 aromatic carbocycles. The summed E-state index contributed by atoms with van der Waals surface area (Å²) in [4.78, 5) is 23.4. The van der Waals surface area contributed by atoms with Crippen LogP contribution >= 0.6 is 0 Å². The Morgan fingerprint density at radius 1 is 1.10 bits per heavy atom. The Morgan fingerprint density at radius 2 is 1.65 bits per heavy atom. The molecule has 0 saturated carbocycles. The van der Waals surface area contributed by atoms with Crippen LogP contribution in [0, 0.1) is 6.92 Å². The third-order valence-electron chi connectivity index (χ3n) is 3.21. The summed E-state index contributed by atoms with van der Waals surface area (Å²) in [5.41, 5.74) is 3.12. The van der Waals surface area contributed by atoms with Gasteiger partial charge in [-0.25, -0.2) is 0 Å². The maximum absolute atomic E-state index is 10.8. The van der Waals surface area contributed by atoms with Gasteiger partial charge in [-0.05, 0) is 24.5 Å². The van der Waals surface area contributed by atoms with E-state index in [1.165, 1.54) is 0 Å². The molecule has 0 aliphatic rings. The number of carboxylic acid groups (broad SMARTS) is 2. The van der Waals surface area contributed by atoms with Gasteiger partial charge in [0.1, 0.15) is 0 Å². The predicted molar refractivity (Wildman–Crippen MR) is 77.3 cm³/mol. The van der Waals surface area contributed by atoms with Crippen molar-refractivity contribution in [1.82, 2.24) is 0 Å². The number of carbonyl (C=O) groups is 2. The Bertz CT molecular complexity index is 467. The van der Waals surface area contributed by atoms with Crippen LogP contribution in [-0.4, -0.2) is 35.2 Å². The van der Waals surface area contributed by atoms with Crippen molar-refractivity contribution in [1.29, 1.82) is 0 Å². The Labute approximate surface area is 118 Å². The number of anilines is 1. The van der Waals surface area contributed by atoms with Gasteiger partial charge in [0.25, 0.3) is 0 Å². The first-order valence-corrected chi connectivity index (χ1v) is 6.72. The third-order valence-corrected chi connectivity index (χ3v) is 3.21. The average Bonchev–Trinajstić information content (AvgIpc) is 2.39. The molecule has 2 N–H and O–H groups in total. The van der Waals surface area contributed by atoms with Crippen molar-refractivity contribution in [3.8, 4) is 0 Å². The van der Waals surface area contributed by atoms with Crippen LogP contribution in [0.5, 0.6) is 0 Å². The molecule has 5 nitrogen and oxygen atoms in total. The smallest absolute Gasteiger partial charge is 0.305 e. The number of para-hydroxylation sites is 1. The van der Waals surface area contributed by atoms with Crippen molar-refractivity contribution in [3.63, 3.8) is 0 Å². The molecular weight excluding hydrogens is 258 g/mol. The molecule has 0 atom stereocenters. The predicted octanol–water partition coefficient (Wildman–Crippen LogP) is 2.31. The number of carboxylic acids is 2. The van der Waals surface area contributed by atoms with E-state index in [-0.39, 0.29) is 12.8 Å². The first-order valence-electron chi connectivity index (χ1n) is 6.72. The van der Waals surface area contributed by atoms with Crippen molar-refractivity contribution in [2.24, 2.45) is 0 Å². The summed E-state index contributed by atoms with van der Waals surface area (Å²) >= 11 is 0. The number of hydrogen-bond acceptors (Lipinski definition) is 3. The summed E-state index contributed by atoms with van der Waals surface area (Å²) in [7, 11) is 0. The van der Waals surface area contributed by atoms with Gasteiger partial charge in [0.2, 0.25) is 0 Å². The van der Waals surface area contributed by atoms with E-state index in [4.69, 9.17) is 10.2 Å². The molecular formula is C15H21NO4. The highest BCUT2D eigenvalue weighted by molar-refractivity contribution is 5.70. The molecule has 0 spiro atoms. The summed E-state index contributed by atoms with van der Waals surface area (Å²) < 4.78 is 0. The molecule has 5 heteroatoms. The third kappa shape index (κ3) is 4.57. The van der Waals surface area contributed by atoms with Gasteiger partial charge in [-0.2, -0.15) is 0 Å². The highest BCUT2D eigenvalue weighted by Gasteiger charge is 2.15. The quantitative estimate of drug-likeness (QED) is 0.763. The van der Waals surface area contributed by atoms with Crippen LogP contribution in [0.15, 0.2) is 18.2 Å². The van der Waals surface area contributed by atoms with E-state index < -0.39 is 11.9 Å². The second-order valence-electron chi connectivity index (χ2n) is 4.71. The fraction of sp³-hybridized carbons (Fsp3) is 0.467. The normalized spacial score (nSPS) is 10.3. The molecule has 0 heterocycles. The number of hydrogen-bond donors (Lipinski definition) is 2. The Kier molecular flexibility index (Phi) is 6.03. The number of benzene rings is 1. The zero-order valence-corrected chi connectivity index (χ0v) is 11.9. The van der Waals surface area contributed by atoms with Gasteiger partial charge in [0.15, 0.2) is 0 Å². The van der Waals surface area contributed by atoms with Gasteiger partial charge in [-0.15, -0.1) is 0 Å². The maximum Gasteiger partial charge on any atom is 0.305 e. The maximum atomic E-state index is 10.8. The lowest BCUT2D eigenvalue weighted by molar-refractivity contribution is -0.137. The minimum absolute atomic E-state index is 0.00287. The lowest BCUT2D eigenvalue weighted by atomic mass is 10.0. The lowest BCUT2D eigenvalue weighted by Crippen LogP contribution is -2.30. The molecule has 0 radical (unpaired) electrons. The number of aliphatic carboxylic acids is 2. The molecule has 0 aliphatic carbocycles. The Hall–Kier alpha value is -2.04. The highest BCUT2D eigenvalue weighted by Crippen LogP contribution is 2.26. The molecule has 0 fully saturated rings. The number of nitrogens with zero attached hydrogens (tertiary/aromatic N) is 1. The first-order chi connectivity index (χ1) is 9.45. The van der Waals surface area contributed by atoms with Gasteiger partial charge in [-0.3, -0.25) is 9.59 Å². The van der Waals surface area contributed by atoms with Gasteiger partial charge < -0.3 is 15.1 Å². The van der Waals surface area contributed by atoms with Crippen LogP contribution in [0.3, 0.4) is 0 Å². The Morgan fingerprint density at radius 3 is 2.10 bits per heavy atom. The summed E-state index contributed by atoms with van der Waals surface area (Å²) in [6.07, 6.45) is 0.821. The molecule has 1 rings (SSSR count). The second-order valence-corrected chi connectivity index (χ2v) is 4.71. The van der Waals surface area contributed by atoms with E-state index in [2.05, 4.69) is 0 Å². The minimum atomic E-state index is -0.878. The van der Waals surface area contributed by atoms with Crippen LogP contribution in [-0.2, 0) is 16.0 Å². The van der Waals surface area contributed by atoms with Gasteiger partial charge >= 0.3 is 11.9 Å². The molecule has 0 amide bonds. The highest BCUT2D eigenvalue weighted by atomic mass is 16.4. The van der Waals surface area contributed by atoms with Crippen LogP contribution < -0.4 is 4.90 Å². The SMILES string of the molecule is CCc1cccc(C)c1N(CCC(=O)O)CCC(=O)O. The summed E-state index contributed by atoms with van der Waals surface area (Å²) in [6, 6.07) is 5.92. The monoisotopic (exact) mass is 279 g/mol. The topological polar surface area (TPSA) is 77.8 Å². The van der Waals surface area contributed by atoms with E-state index in [0.717, 1.165) is 23.2 Å². The lowest BCUT2D eigenvalue weighted by Gasteiger charge is -2.27. The molecule has 20 heavy (non-hydrogen) atoms. The summed E-state index contributed by atoms with van der Waals surface area (Å²) in [5.74, 6) is -1.76. The van der Waals surface area contributed by atoms with Gasteiger partial charge in [0, 0.05) is 18.8 Å². The first kappa shape index (κ1) is 16.0. The van der Waals surface area contributed by atoms with Crippen LogP contribution in [0.1, 0.15) is 30.9 Å². The number of aryl methyl sites for hydroxylation is 2. The van der Waals surface area contributed by atoms with Crippen molar-refractivity contribution < 1.29 is 19.8 Å². The fourth-order valence-corrected chi connectivity index (χ4v) is 2.25. The van der Waals surface area contributed by atoms with Crippen LogP contribution in [0.4, 0.5) is 5.69 Å². The molecule has 0 aliphatic heterocycles. The molecule has 0 bridgehead atoms. The second kappa shape index (κ2) is 7.53. The minimum Gasteiger partial charge on any atom is -0.481 e. The summed E-state index contributed by atoms with van der Waals surface area (Å²) in [5, 5.41) is 17.7. The van der Waals surface area contributed by atoms with E-state index in [1.54, 1.807) is 0 Å². The van der Waals surface area contributed by atoms with E-state index >= 15 is 0 Å². The molecule has 0 saturated heterocycles.